The number of hydrogen-bond acceptors (Lipinski definition) is 4. The van der Waals surface area contributed by atoms with Crippen molar-refractivity contribution in [1.29, 1.82) is 0 Å². The van der Waals surface area contributed by atoms with Gasteiger partial charge in [0.15, 0.2) is 0 Å². The number of anilines is 2. The monoisotopic (exact) mass is 478 g/mol. The number of hydrogen-bond donors (Lipinski definition) is 0. The molecule has 192 valence electrons. The van der Waals surface area contributed by atoms with Gasteiger partial charge in [0.25, 0.3) is 0 Å². The maximum atomic E-state index is 13.7. The molecule has 5 aliphatic rings. The summed E-state index contributed by atoms with van der Waals surface area (Å²) in [5.41, 5.74) is 3.63. The zero-order valence-electron chi connectivity index (χ0n) is 22.2. The van der Waals surface area contributed by atoms with Crippen molar-refractivity contribution in [2.45, 2.75) is 90.1 Å². The van der Waals surface area contributed by atoms with Crippen molar-refractivity contribution in [2.75, 3.05) is 55.6 Å². The van der Waals surface area contributed by atoms with Crippen molar-refractivity contribution >= 4 is 17.3 Å². The molecular formula is C30H46N4O. The van der Waals surface area contributed by atoms with Gasteiger partial charge in [0, 0.05) is 49.6 Å². The summed E-state index contributed by atoms with van der Waals surface area (Å²) in [7, 11) is 0. The largest absolute Gasteiger partial charge is 0.370 e. The van der Waals surface area contributed by atoms with E-state index in [1.165, 1.54) is 69.3 Å². The number of amides is 1. The standard InChI is InChI=1S/C30H46N4O/c1-23-20-26(32-16-11-27(22-32)33-15-5-6-24(33)2)9-10-28(23)34-19-14-30(29(34)35)12-17-31(18-13-30)21-25-7-3-4-8-25/h9-10,20,24-25,27H,3-8,11-19,21-22H2,1-2H3/t24-,27+/m1/s1. The first kappa shape index (κ1) is 23.8. The van der Waals surface area contributed by atoms with Crippen molar-refractivity contribution in [2.24, 2.45) is 11.3 Å². The predicted molar refractivity (Wildman–Crippen MR) is 144 cm³/mol. The number of benzene rings is 1. The molecule has 2 atom stereocenters. The minimum Gasteiger partial charge on any atom is -0.370 e. The molecular weight excluding hydrogens is 432 g/mol. The van der Waals surface area contributed by atoms with Gasteiger partial charge in [-0.25, -0.2) is 0 Å². The maximum absolute atomic E-state index is 13.7. The average Bonchev–Trinajstić information content (AvgIpc) is 3.66. The van der Waals surface area contributed by atoms with Crippen LogP contribution in [0.5, 0.6) is 0 Å². The Morgan fingerprint density at radius 1 is 0.914 bits per heavy atom. The Kier molecular flexibility index (Phi) is 6.59. The molecule has 1 aliphatic carbocycles. The van der Waals surface area contributed by atoms with Gasteiger partial charge in [-0.1, -0.05) is 12.8 Å². The molecule has 1 aromatic carbocycles. The Morgan fingerprint density at radius 3 is 2.40 bits per heavy atom. The topological polar surface area (TPSA) is 30.0 Å². The lowest BCUT2D eigenvalue weighted by Crippen LogP contribution is -2.45. The fraction of sp³-hybridized carbons (Fsp3) is 0.767. The third kappa shape index (κ3) is 4.52. The Hall–Kier alpha value is -1.59. The second kappa shape index (κ2) is 9.70. The minimum atomic E-state index is -0.105. The summed E-state index contributed by atoms with van der Waals surface area (Å²) in [5.74, 6) is 1.31. The highest BCUT2D eigenvalue weighted by atomic mass is 16.2. The average molecular weight is 479 g/mol. The van der Waals surface area contributed by atoms with Gasteiger partial charge in [0.05, 0.1) is 5.41 Å². The molecule has 6 rings (SSSR count). The van der Waals surface area contributed by atoms with E-state index in [1.54, 1.807) is 0 Å². The van der Waals surface area contributed by atoms with E-state index in [9.17, 15) is 4.79 Å². The molecule has 4 heterocycles. The first-order valence-electron chi connectivity index (χ1n) is 14.7. The highest BCUT2D eigenvalue weighted by Crippen LogP contribution is 2.44. The van der Waals surface area contributed by atoms with Crippen LogP contribution < -0.4 is 9.80 Å². The quantitative estimate of drug-likeness (QED) is 0.591. The zero-order chi connectivity index (χ0) is 24.0. The van der Waals surface area contributed by atoms with E-state index in [2.05, 4.69) is 51.6 Å². The maximum Gasteiger partial charge on any atom is 0.233 e. The SMILES string of the molecule is Cc1cc(N2CC[C@H](N3CCC[C@H]3C)C2)ccc1N1CCC2(CCN(CC3CCCC3)CC2)C1=O. The lowest BCUT2D eigenvalue weighted by molar-refractivity contribution is -0.128. The van der Waals surface area contributed by atoms with E-state index >= 15 is 0 Å². The molecule has 0 aromatic heterocycles. The molecule has 5 nitrogen and oxygen atoms in total. The molecule has 1 spiro atoms. The van der Waals surface area contributed by atoms with Crippen LogP contribution in [0.2, 0.25) is 0 Å². The fourth-order valence-electron chi connectivity index (χ4n) is 8.12. The van der Waals surface area contributed by atoms with Gasteiger partial charge in [-0.2, -0.15) is 0 Å². The van der Waals surface area contributed by atoms with Crippen LogP contribution >= 0.6 is 0 Å². The summed E-state index contributed by atoms with van der Waals surface area (Å²) >= 11 is 0. The normalized spacial score (nSPS) is 30.4. The third-order valence-corrected chi connectivity index (χ3v) is 10.4. The molecule has 4 saturated heterocycles. The van der Waals surface area contributed by atoms with Crippen LogP contribution in [0.1, 0.15) is 76.7 Å². The van der Waals surface area contributed by atoms with Crippen LogP contribution in [0, 0.1) is 18.3 Å². The third-order valence-electron chi connectivity index (χ3n) is 10.4. The van der Waals surface area contributed by atoms with E-state index in [1.807, 2.05) is 0 Å². The van der Waals surface area contributed by atoms with Crippen LogP contribution in [0.4, 0.5) is 11.4 Å². The molecule has 1 amide bonds. The highest BCUT2D eigenvalue weighted by molar-refractivity contribution is 6.00. The summed E-state index contributed by atoms with van der Waals surface area (Å²) in [6, 6.07) is 8.30. The number of likely N-dealkylation sites (tertiary alicyclic amines) is 2. The molecule has 35 heavy (non-hydrogen) atoms. The fourth-order valence-corrected chi connectivity index (χ4v) is 8.12. The number of carbonyl (C=O) groups is 1. The van der Waals surface area contributed by atoms with Crippen molar-refractivity contribution in [1.82, 2.24) is 9.80 Å². The van der Waals surface area contributed by atoms with E-state index in [0.29, 0.717) is 11.9 Å². The van der Waals surface area contributed by atoms with Gasteiger partial charge in [0.1, 0.15) is 0 Å². The van der Waals surface area contributed by atoms with E-state index in [-0.39, 0.29) is 5.41 Å². The minimum absolute atomic E-state index is 0.105. The predicted octanol–water partition coefficient (Wildman–Crippen LogP) is 5.07. The van der Waals surface area contributed by atoms with Crippen LogP contribution in [0.25, 0.3) is 0 Å². The van der Waals surface area contributed by atoms with Crippen LogP contribution in [-0.4, -0.2) is 73.6 Å². The van der Waals surface area contributed by atoms with Gasteiger partial charge in [-0.05, 0) is 115 Å². The van der Waals surface area contributed by atoms with E-state index in [0.717, 1.165) is 69.6 Å². The Balaban J connectivity index is 1.08. The smallest absolute Gasteiger partial charge is 0.233 e. The van der Waals surface area contributed by atoms with Crippen molar-refractivity contribution < 1.29 is 4.79 Å². The molecule has 0 unspecified atom stereocenters. The molecule has 0 bridgehead atoms. The summed E-state index contributed by atoms with van der Waals surface area (Å²) in [6.07, 6.45) is 12.8. The van der Waals surface area contributed by atoms with Crippen molar-refractivity contribution in [3.05, 3.63) is 23.8 Å². The van der Waals surface area contributed by atoms with Crippen molar-refractivity contribution in [3.8, 4) is 0 Å². The summed E-state index contributed by atoms with van der Waals surface area (Å²) in [6.45, 7) is 12.5. The Bertz CT molecular complexity index is 917. The first-order chi connectivity index (χ1) is 17.0. The zero-order valence-corrected chi connectivity index (χ0v) is 22.2. The second-order valence-corrected chi connectivity index (χ2v) is 12.5. The molecule has 1 aromatic rings. The van der Waals surface area contributed by atoms with E-state index < -0.39 is 0 Å². The Morgan fingerprint density at radius 2 is 1.69 bits per heavy atom. The lowest BCUT2D eigenvalue weighted by Gasteiger charge is -2.39. The highest BCUT2D eigenvalue weighted by Gasteiger charge is 2.48. The summed E-state index contributed by atoms with van der Waals surface area (Å²) in [5, 5.41) is 0. The summed E-state index contributed by atoms with van der Waals surface area (Å²) < 4.78 is 0. The van der Waals surface area contributed by atoms with Gasteiger partial charge < -0.3 is 14.7 Å². The Labute approximate surface area is 212 Å². The molecule has 1 saturated carbocycles. The van der Waals surface area contributed by atoms with Gasteiger partial charge >= 0.3 is 0 Å². The molecule has 5 fully saturated rings. The van der Waals surface area contributed by atoms with Crippen LogP contribution in [-0.2, 0) is 4.79 Å². The first-order valence-corrected chi connectivity index (χ1v) is 14.7. The molecule has 0 radical (unpaired) electrons. The van der Waals surface area contributed by atoms with Crippen LogP contribution in [0.15, 0.2) is 18.2 Å². The van der Waals surface area contributed by atoms with Gasteiger partial charge in [0.2, 0.25) is 5.91 Å². The number of piperidine rings is 1. The number of carbonyl (C=O) groups excluding carboxylic acids is 1. The van der Waals surface area contributed by atoms with E-state index in [4.69, 9.17) is 0 Å². The molecule has 5 heteroatoms. The number of nitrogens with zero attached hydrogens (tertiary/aromatic N) is 4. The van der Waals surface area contributed by atoms with Gasteiger partial charge in [-0.15, -0.1) is 0 Å². The van der Waals surface area contributed by atoms with Crippen molar-refractivity contribution in [3.63, 3.8) is 0 Å². The number of aryl methyl sites for hydroxylation is 1. The van der Waals surface area contributed by atoms with Gasteiger partial charge in [-0.3, -0.25) is 9.69 Å². The second-order valence-electron chi connectivity index (χ2n) is 12.5. The summed E-state index contributed by atoms with van der Waals surface area (Å²) in [4.78, 5) is 23.8. The molecule has 4 aliphatic heterocycles. The molecule has 0 N–H and O–H groups in total. The lowest BCUT2D eigenvalue weighted by atomic mass is 9.77. The number of rotatable bonds is 5. The van der Waals surface area contributed by atoms with Crippen LogP contribution in [0.3, 0.4) is 0 Å².